The fourth-order valence-electron chi connectivity index (χ4n) is 3.37. The molecule has 0 bridgehead atoms. The van der Waals surface area contributed by atoms with Crippen LogP contribution in [0.4, 0.5) is 0 Å². The van der Waals surface area contributed by atoms with Crippen LogP contribution < -0.4 is 4.74 Å². The molecule has 28 heavy (non-hydrogen) atoms. The van der Waals surface area contributed by atoms with Gasteiger partial charge in [0.25, 0.3) is 0 Å². The van der Waals surface area contributed by atoms with Gasteiger partial charge in [-0.05, 0) is 65.7 Å². The summed E-state index contributed by atoms with van der Waals surface area (Å²) in [6.45, 7) is 0. The zero-order valence-electron chi connectivity index (χ0n) is 15.5. The first-order valence-electron chi connectivity index (χ1n) is 8.80. The maximum atomic E-state index is 11.2. The largest absolute Gasteiger partial charge is 0.497 e. The molecule has 2 aromatic carbocycles. The van der Waals surface area contributed by atoms with Crippen molar-refractivity contribution in [2.24, 2.45) is 7.05 Å². The number of ether oxygens (including phenoxy) is 1. The van der Waals surface area contributed by atoms with E-state index in [0.29, 0.717) is 0 Å². The normalized spacial score (nSPS) is 10.8. The van der Waals surface area contributed by atoms with E-state index in [1.807, 2.05) is 55.6 Å². The highest BCUT2D eigenvalue weighted by molar-refractivity contribution is 5.90. The molecule has 0 amide bonds. The average molecular weight is 373 g/mol. The number of benzene rings is 2. The molecule has 0 spiro atoms. The van der Waals surface area contributed by atoms with Gasteiger partial charge < -0.3 is 18.8 Å². The van der Waals surface area contributed by atoms with Crippen molar-refractivity contribution in [3.05, 3.63) is 78.6 Å². The molecule has 0 aliphatic heterocycles. The van der Waals surface area contributed by atoms with Crippen molar-refractivity contribution >= 4 is 5.97 Å². The molecule has 0 aliphatic rings. The molecule has 0 fully saturated rings. The molecule has 0 aliphatic carbocycles. The molecule has 2 heterocycles. The van der Waals surface area contributed by atoms with Crippen LogP contribution >= 0.6 is 0 Å². The van der Waals surface area contributed by atoms with Crippen LogP contribution in [0.2, 0.25) is 0 Å². The Balaban J connectivity index is 1.88. The molecule has 4 aromatic rings. The molecule has 5 nitrogen and oxygen atoms in total. The van der Waals surface area contributed by atoms with Crippen molar-refractivity contribution in [2.45, 2.75) is 0 Å². The highest BCUT2D eigenvalue weighted by Crippen LogP contribution is 2.38. The van der Waals surface area contributed by atoms with Gasteiger partial charge in [0, 0.05) is 18.3 Å². The lowest BCUT2D eigenvalue weighted by molar-refractivity contribution is 0.0697. The van der Waals surface area contributed by atoms with Crippen LogP contribution in [0.1, 0.15) is 10.4 Å². The molecule has 140 valence electrons. The Morgan fingerprint density at radius 2 is 1.68 bits per heavy atom. The Morgan fingerprint density at radius 3 is 2.25 bits per heavy atom. The van der Waals surface area contributed by atoms with Gasteiger partial charge in [0.1, 0.15) is 5.75 Å². The molecule has 5 heteroatoms. The van der Waals surface area contributed by atoms with Gasteiger partial charge in [0.15, 0.2) is 5.76 Å². The predicted molar refractivity (Wildman–Crippen MR) is 107 cm³/mol. The van der Waals surface area contributed by atoms with Crippen molar-refractivity contribution < 1.29 is 19.1 Å². The highest BCUT2D eigenvalue weighted by Gasteiger charge is 2.19. The number of nitrogens with zero attached hydrogens (tertiary/aromatic N) is 1. The minimum Gasteiger partial charge on any atom is -0.497 e. The van der Waals surface area contributed by atoms with Gasteiger partial charge in [-0.2, -0.15) is 0 Å². The van der Waals surface area contributed by atoms with Crippen LogP contribution in [0.25, 0.3) is 33.8 Å². The Bertz CT molecular complexity index is 1100. The number of carboxylic acids is 1. The molecule has 1 N–H and O–H groups in total. The number of aromatic carboxylic acids is 1. The zero-order valence-corrected chi connectivity index (χ0v) is 15.5. The van der Waals surface area contributed by atoms with Crippen LogP contribution in [0, 0.1) is 0 Å². The van der Waals surface area contributed by atoms with Crippen molar-refractivity contribution in [3.63, 3.8) is 0 Å². The van der Waals surface area contributed by atoms with Crippen LogP contribution in [0.3, 0.4) is 0 Å². The summed E-state index contributed by atoms with van der Waals surface area (Å²) in [7, 11) is 3.64. The molecule has 2 aromatic heterocycles. The first-order valence-corrected chi connectivity index (χ1v) is 8.80. The monoisotopic (exact) mass is 373 g/mol. The second kappa shape index (κ2) is 7.12. The summed E-state index contributed by atoms with van der Waals surface area (Å²) in [5, 5.41) is 9.16. The zero-order chi connectivity index (χ0) is 19.7. The van der Waals surface area contributed by atoms with Gasteiger partial charge in [0.05, 0.1) is 24.6 Å². The molecule has 0 radical (unpaired) electrons. The minimum absolute atomic E-state index is 0.259. The van der Waals surface area contributed by atoms with E-state index in [-0.39, 0.29) is 5.56 Å². The maximum Gasteiger partial charge on any atom is 0.335 e. The molecule has 0 saturated carbocycles. The molecule has 0 unspecified atom stereocenters. The van der Waals surface area contributed by atoms with Crippen LogP contribution in [-0.2, 0) is 7.05 Å². The number of rotatable bonds is 5. The maximum absolute atomic E-state index is 11.2. The van der Waals surface area contributed by atoms with E-state index in [9.17, 15) is 4.79 Å². The van der Waals surface area contributed by atoms with Gasteiger partial charge >= 0.3 is 5.97 Å². The third-order valence-electron chi connectivity index (χ3n) is 4.82. The predicted octanol–water partition coefficient (Wildman–Crippen LogP) is 5.33. The quantitative estimate of drug-likeness (QED) is 0.514. The SMILES string of the molecule is COc1ccc(-c2cc(-c3ccc(C(=O)O)cc3)c(-c3ccco3)n2C)cc1. The van der Waals surface area contributed by atoms with Crippen molar-refractivity contribution in [1.29, 1.82) is 0 Å². The Hall–Kier alpha value is -3.73. The smallest absolute Gasteiger partial charge is 0.335 e. The second-order valence-electron chi connectivity index (χ2n) is 6.44. The van der Waals surface area contributed by atoms with E-state index in [4.69, 9.17) is 14.3 Å². The number of methoxy groups -OCH3 is 1. The first-order chi connectivity index (χ1) is 13.6. The third-order valence-corrected chi connectivity index (χ3v) is 4.82. The molecular weight excluding hydrogens is 354 g/mol. The fourth-order valence-corrected chi connectivity index (χ4v) is 3.37. The third kappa shape index (κ3) is 3.07. The summed E-state index contributed by atoms with van der Waals surface area (Å²) in [5.74, 6) is 0.609. The molecular formula is C23H19NO4. The van der Waals surface area contributed by atoms with E-state index < -0.39 is 5.97 Å². The summed E-state index contributed by atoms with van der Waals surface area (Å²) in [6, 6.07) is 20.6. The number of carbonyl (C=O) groups is 1. The number of carboxylic acid groups (broad SMARTS) is 1. The highest BCUT2D eigenvalue weighted by atomic mass is 16.5. The molecule has 0 saturated heterocycles. The van der Waals surface area contributed by atoms with Gasteiger partial charge in [-0.15, -0.1) is 0 Å². The van der Waals surface area contributed by atoms with E-state index in [2.05, 4.69) is 10.6 Å². The number of hydrogen-bond acceptors (Lipinski definition) is 3. The average Bonchev–Trinajstić information content (AvgIpc) is 3.36. The second-order valence-corrected chi connectivity index (χ2v) is 6.44. The Morgan fingerprint density at radius 1 is 1.00 bits per heavy atom. The molecule has 4 rings (SSSR count). The van der Waals surface area contributed by atoms with Gasteiger partial charge in [0.2, 0.25) is 0 Å². The number of furan rings is 1. The van der Waals surface area contributed by atoms with Gasteiger partial charge in [-0.25, -0.2) is 4.79 Å². The lowest BCUT2D eigenvalue weighted by Gasteiger charge is -2.08. The summed E-state index contributed by atoms with van der Waals surface area (Å²) >= 11 is 0. The van der Waals surface area contributed by atoms with E-state index >= 15 is 0 Å². The van der Waals surface area contributed by atoms with Crippen LogP contribution in [-0.4, -0.2) is 22.8 Å². The van der Waals surface area contributed by atoms with Gasteiger partial charge in [-0.3, -0.25) is 0 Å². The Labute approximate surface area is 162 Å². The van der Waals surface area contributed by atoms with E-state index in [0.717, 1.165) is 39.6 Å². The number of aromatic nitrogens is 1. The molecule has 0 atom stereocenters. The number of hydrogen-bond donors (Lipinski definition) is 1. The fraction of sp³-hybridized carbons (Fsp3) is 0.0870. The van der Waals surface area contributed by atoms with Crippen molar-refractivity contribution in [1.82, 2.24) is 4.57 Å². The first kappa shape index (κ1) is 17.7. The van der Waals surface area contributed by atoms with E-state index in [1.54, 1.807) is 25.5 Å². The lowest BCUT2D eigenvalue weighted by atomic mass is 10.0. The lowest BCUT2D eigenvalue weighted by Crippen LogP contribution is -1.96. The minimum atomic E-state index is -0.940. The topological polar surface area (TPSA) is 64.6 Å². The van der Waals surface area contributed by atoms with Crippen molar-refractivity contribution in [2.75, 3.05) is 7.11 Å². The van der Waals surface area contributed by atoms with Crippen LogP contribution in [0.15, 0.2) is 77.4 Å². The van der Waals surface area contributed by atoms with Gasteiger partial charge in [-0.1, -0.05) is 12.1 Å². The summed E-state index contributed by atoms with van der Waals surface area (Å²) < 4.78 is 13.0. The Kier molecular flexibility index (Phi) is 4.49. The standard InChI is InChI=1S/C23H19NO4/c1-24-20(16-9-11-18(27-2)12-10-16)14-19(22(24)21-4-3-13-28-21)15-5-7-17(8-6-15)23(25)26/h3-14H,1-2H3,(H,25,26). The summed E-state index contributed by atoms with van der Waals surface area (Å²) in [6.07, 6.45) is 1.65. The summed E-state index contributed by atoms with van der Waals surface area (Å²) in [5.41, 5.74) is 5.15. The van der Waals surface area contributed by atoms with Crippen molar-refractivity contribution in [3.8, 4) is 39.6 Å². The van der Waals surface area contributed by atoms with Crippen LogP contribution in [0.5, 0.6) is 5.75 Å². The van der Waals surface area contributed by atoms with E-state index in [1.165, 1.54) is 0 Å². The summed E-state index contributed by atoms with van der Waals surface area (Å²) in [4.78, 5) is 11.2.